The Hall–Kier alpha value is -3.93. The Morgan fingerprint density at radius 2 is 1.70 bits per heavy atom. The van der Waals surface area contributed by atoms with Gasteiger partial charge in [0.05, 0.1) is 5.52 Å². The molecule has 1 aromatic carbocycles. The van der Waals surface area contributed by atoms with Crippen molar-refractivity contribution >= 4 is 40.3 Å². The highest BCUT2D eigenvalue weighted by atomic mass is 16.6. The number of benzene rings is 1. The van der Waals surface area contributed by atoms with Crippen LogP contribution in [-0.4, -0.2) is 90.6 Å². The van der Waals surface area contributed by atoms with E-state index in [9.17, 15) is 24.0 Å². The predicted molar refractivity (Wildman–Crippen MR) is 173 cm³/mol. The maximum atomic E-state index is 14.1. The predicted octanol–water partition coefficient (Wildman–Crippen LogP) is 2.30. The summed E-state index contributed by atoms with van der Waals surface area (Å²) in [7, 11) is 3.04. The molecule has 0 radical (unpaired) electrons. The molecule has 0 saturated carbocycles. The van der Waals surface area contributed by atoms with Crippen molar-refractivity contribution in [2.75, 3.05) is 27.4 Å². The first-order valence-electron chi connectivity index (χ1n) is 16.5. The smallest absolute Gasteiger partial charge is 0.246 e. The van der Waals surface area contributed by atoms with Crippen LogP contribution in [0.4, 0.5) is 0 Å². The molecule has 4 amide bonds. The Morgan fingerprint density at radius 1 is 0.957 bits per heavy atom. The van der Waals surface area contributed by atoms with E-state index in [-0.39, 0.29) is 36.5 Å². The third kappa shape index (κ3) is 8.45. The summed E-state index contributed by atoms with van der Waals surface area (Å²) in [5.74, 6) is -1.74. The molecule has 0 spiro atoms. The monoisotopic (exact) mass is 639 g/mol. The first-order valence-corrected chi connectivity index (χ1v) is 16.5. The average molecular weight is 640 g/mol. The molecule has 1 unspecified atom stereocenters. The van der Waals surface area contributed by atoms with E-state index in [1.165, 1.54) is 7.11 Å². The number of para-hydroxylation sites is 1. The number of unbranched alkanes of at least 4 members (excludes halogenated alkanes) is 2. The van der Waals surface area contributed by atoms with Crippen molar-refractivity contribution < 1.29 is 33.5 Å². The summed E-state index contributed by atoms with van der Waals surface area (Å²) in [6, 6.07) is 4.12. The highest BCUT2D eigenvalue weighted by Gasteiger charge is 2.40. The Morgan fingerprint density at radius 3 is 2.43 bits per heavy atom. The lowest BCUT2D eigenvalue weighted by atomic mass is 9.93. The van der Waals surface area contributed by atoms with Crippen molar-refractivity contribution in [1.29, 1.82) is 0 Å². The van der Waals surface area contributed by atoms with Gasteiger partial charge in [-0.25, -0.2) is 0 Å². The van der Waals surface area contributed by atoms with Crippen LogP contribution >= 0.6 is 0 Å². The quantitative estimate of drug-likeness (QED) is 0.285. The highest BCUT2D eigenvalue weighted by molar-refractivity contribution is 5.98. The van der Waals surface area contributed by atoms with Crippen molar-refractivity contribution in [3.8, 4) is 0 Å². The Labute approximate surface area is 270 Å². The second kappa shape index (κ2) is 16.6. The van der Waals surface area contributed by atoms with Gasteiger partial charge in [-0.2, -0.15) is 4.73 Å². The summed E-state index contributed by atoms with van der Waals surface area (Å²) < 4.78 is 6.51. The van der Waals surface area contributed by atoms with Gasteiger partial charge in [-0.15, -0.1) is 0 Å². The maximum Gasteiger partial charge on any atom is 0.246 e. The number of ether oxygens (including phenoxy) is 1. The zero-order valence-electron chi connectivity index (χ0n) is 27.5. The number of carbonyl (C=O) groups excluding carboxylic acids is 5. The normalized spacial score (nSPS) is 23.4. The number of ketones is 1. The van der Waals surface area contributed by atoms with Crippen molar-refractivity contribution in [2.24, 2.45) is 5.92 Å². The van der Waals surface area contributed by atoms with E-state index in [1.54, 1.807) is 22.9 Å². The third-order valence-electron chi connectivity index (χ3n) is 9.27. The first kappa shape index (κ1) is 34.9. The molecule has 12 nitrogen and oxygen atoms in total. The zero-order valence-corrected chi connectivity index (χ0v) is 27.5. The second-order valence-electron chi connectivity index (χ2n) is 12.5. The summed E-state index contributed by atoms with van der Waals surface area (Å²) in [6.07, 6.45) is 7.21. The Balaban J connectivity index is 1.64. The van der Waals surface area contributed by atoms with E-state index in [1.807, 2.05) is 38.1 Å². The molecule has 2 aliphatic heterocycles. The Kier molecular flexibility index (Phi) is 12.6. The van der Waals surface area contributed by atoms with Crippen molar-refractivity contribution in [3.05, 3.63) is 36.0 Å². The van der Waals surface area contributed by atoms with Gasteiger partial charge in [0.1, 0.15) is 37.9 Å². The van der Waals surface area contributed by atoms with Crippen LogP contribution in [0.2, 0.25) is 0 Å². The van der Waals surface area contributed by atoms with Gasteiger partial charge < -0.3 is 30.4 Å². The first-order chi connectivity index (χ1) is 22.2. The van der Waals surface area contributed by atoms with Crippen LogP contribution in [0.5, 0.6) is 0 Å². The molecule has 0 aliphatic carbocycles. The summed E-state index contributed by atoms with van der Waals surface area (Å²) in [6.45, 7) is 4.35. The number of hydrogen-bond acceptors (Lipinski definition) is 7. The van der Waals surface area contributed by atoms with Crippen LogP contribution in [-0.2, 0) is 35.1 Å². The second-order valence-corrected chi connectivity index (χ2v) is 12.5. The van der Waals surface area contributed by atoms with Crippen LogP contribution in [0.3, 0.4) is 0 Å². The number of nitrogens with one attached hydrogen (secondary N) is 3. The van der Waals surface area contributed by atoms with Gasteiger partial charge in [-0.05, 0) is 49.7 Å². The van der Waals surface area contributed by atoms with E-state index in [2.05, 4.69) is 16.0 Å². The number of Topliss-reactive ketones (excluding diaryl/α,β-unsaturated/α-hetero) is 1. The SMILES string of the molecule is CCC(C)[C@@H]1NC(=O)[C@H](Cc2cn(OC)c3ccccc23)NC(=O)[C@H](CCCCCC(=O)COC)NC(=O)[C@H]2CCCCN2C1=O. The molecule has 2 fully saturated rings. The molecule has 2 aliphatic rings. The fourth-order valence-electron chi connectivity index (χ4n) is 6.43. The van der Waals surface area contributed by atoms with E-state index < -0.39 is 36.0 Å². The maximum absolute atomic E-state index is 14.1. The molecule has 0 bridgehead atoms. The minimum atomic E-state index is -1.02. The molecule has 12 heteroatoms. The fourth-order valence-corrected chi connectivity index (χ4v) is 6.43. The summed E-state index contributed by atoms with van der Waals surface area (Å²) in [4.78, 5) is 74.7. The van der Waals surface area contributed by atoms with Crippen LogP contribution < -0.4 is 20.8 Å². The molecule has 46 heavy (non-hydrogen) atoms. The van der Waals surface area contributed by atoms with Gasteiger partial charge >= 0.3 is 0 Å². The number of methoxy groups -OCH3 is 1. The van der Waals surface area contributed by atoms with Crippen LogP contribution in [0.15, 0.2) is 30.5 Å². The van der Waals surface area contributed by atoms with Crippen molar-refractivity contribution in [3.63, 3.8) is 0 Å². The molecule has 252 valence electrons. The number of hydrogen-bond donors (Lipinski definition) is 3. The highest BCUT2D eigenvalue weighted by Crippen LogP contribution is 2.24. The van der Waals surface area contributed by atoms with Crippen molar-refractivity contribution in [2.45, 2.75) is 102 Å². The molecule has 4 rings (SSSR count). The standard InChI is InChI=1S/C34H49N5O7/c1-5-22(2)30-34(44)38-18-12-11-17-29(38)33(43)35-26(15-8-6-7-13-24(40)21-45-3)31(41)36-27(32(42)37-30)19-23-20-39(46-4)28-16-10-9-14-25(23)28/h9-10,14,16,20,22,26-27,29-30H,5-8,11-13,15,17-19,21H2,1-4H3,(H,35,43)(H,36,41)(H,37,42)/t22?,26-,27-,29+,30-/m0/s1. The number of fused-ring (bicyclic) bond motifs is 2. The van der Waals surface area contributed by atoms with E-state index >= 15 is 0 Å². The number of amides is 4. The number of rotatable bonds is 13. The van der Waals surface area contributed by atoms with E-state index in [0.29, 0.717) is 51.5 Å². The molecule has 2 aromatic rings. The molecule has 1 aromatic heterocycles. The van der Waals surface area contributed by atoms with E-state index in [4.69, 9.17) is 9.57 Å². The van der Waals surface area contributed by atoms with Crippen molar-refractivity contribution in [1.82, 2.24) is 25.6 Å². The van der Waals surface area contributed by atoms with Gasteiger partial charge in [0.25, 0.3) is 0 Å². The minimum Gasteiger partial charge on any atom is -0.417 e. The molecule has 3 heterocycles. The van der Waals surface area contributed by atoms with Crippen LogP contribution in [0, 0.1) is 5.92 Å². The van der Waals surface area contributed by atoms with E-state index in [0.717, 1.165) is 29.3 Å². The molecule has 2 saturated heterocycles. The Bertz CT molecular complexity index is 1390. The lowest BCUT2D eigenvalue weighted by Crippen LogP contribution is -2.64. The molecule has 5 atom stereocenters. The zero-order chi connectivity index (χ0) is 33.2. The van der Waals surface area contributed by atoms with Gasteiger partial charge in [0, 0.05) is 38.1 Å². The summed E-state index contributed by atoms with van der Waals surface area (Å²) in [5.41, 5.74) is 1.60. The summed E-state index contributed by atoms with van der Waals surface area (Å²) in [5, 5.41) is 9.71. The minimum absolute atomic E-state index is 0.0148. The van der Waals surface area contributed by atoms with Gasteiger partial charge in [-0.1, -0.05) is 51.3 Å². The fraction of sp³-hybridized carbons (Fsp3) is 0.618. The van der Waals surface area contributed by atoms with Gasteiger partial charge in [0.2, 0.25) is 23.6 Å². The van der Waals surface area contributed by atoms with Crippen LogP contribution in [0.1, 0.15) is 77.2 Å². The summed E-state index contributed by atoms with van der Waals surface area (Å²) >= 11 is 0. The molecular weight excluding hydrogens is 590 g/mol. The molecular formula is C34H49N5O7. The lowest BCUT2D eigenvalue weighted by molar-refractivity contribution is -0.147. The average Bonchev–Trinajstić information content (AvgIpc) is 3.42. The van der Waals surface area contributed by atoms with Gasteiger partial charge in [0.15, 0.2) is 5.78 Å². The molecule has 3 N–H and O–H groups in total. The van der Waals surface area contributed by atoms with Crippen LogP contribution in [0.25, 0.3) is 10.9 Å². The number of aromatic nitrogens is 1. The van der Waals surface area contributed by atoms with Gasteiger partial charge in [-0.3, -0.25) is 24.0 Å². The number of nitrogens with zero attached hydrogens (tertiary/aromatic N) is 2. The number of piperidine rings is 1. The topological polar surface area (TPSA) is 148 Å². The largest absolute Gasteiger partial charge is 0.417 e. The lowest BCUT2D eigenvalue weighted by Gasteiger charge is -2.39. The third-order valence-corrected chi connectivity index (χ3v) is 9.27. The number of carbonyl (C=O) groups is 5.